The van der Waals surface area contributed by atoms with Crippen LogP contribution in [0.3, 0.4) is 0 Å². The van der Waals surface area contributed by atoms with Crippen LogP contribution in [-0.4, -0.2) is 11.7 Å². The molecule has 0 aliphatic rings. The zero-order valence-electron chi connectivity index (χ0n) is 10.9. The topological polar surface area (TPSA) is 24.1 Å². The number of thiocarbonyl (C=S) groups is 1. The Morgan fingerprint density at radius 3 is 2.68 bits per heavy atom. The van der Waals surface area contributed by atoms with Gasteiger partial charge in [0.1, 0.15) is 0 Å². The molecule has 1 aromatic heterocycles. The molecule has 100 valence electrons. The largest absolute Gasteiger partial charge is 0.362 e. The summed E-state index contributed by atoms with van der Waals surface area (Å²) in [5.74, 6) is 0. The lowest BCUT2D eigenvalue weighted by molar-refractivity contribution is 0.708. The summed E-state index contributed by atoms with van der Waals surface area (Å²) in [5.41, 5.74) is 1.32. The second-order valence-electron chi connectivity index (χ2n) is 4.37. The van der Waals surface area contributed by atoms with Gasteiger partial charge in [-0.05, 0) is 42.6 Å². The van der Waals surface area contributed by atoms with Crippen molar-refractivity contribution >= 4 is 28.7 Å². The van der Waals surface area contributed by atoms with Gasteiger partial charge in [0, 0.05) is 11.4 Å². The third-order valence-electron chi connectivity index (χ3n) is 2.86. The van der Waals surface area contributed by atoms with E-state index in [4.69, 9.17) is 12.2 Å². The molecule has 4 heteroatoms. The number of rotatable bonds is 5. The van der Waals surface area contributed by atoms with E-state index in [1.807, 2.05) is 6.07 Å². The Morgan fingerprint density at radius 2 is 2.00 bits per heavy atom. The lowest BCUT2D eigenvalue weighted by atomic mass is 10.1. The maximum atomic E-state index is 5.30. The first-order valence-corrected chi connectivity index (χ1v) is 7.66. The zero-order valence-corrected chi connectivity index (χ0v) is 12.6. The van der Waals surface area contributed by atoms with Crippen LogP contribution >= 0.6 is 23.6 Å². The van der Waals surface area contributed by atoms with E-state index in [1.54, 1.807) is 11.3 Å². The number of nitrogens with one attached hydrogen (secondary N) is 2. The SMILES string of the molecule is CC(NC(=S)NCCc1ccccc1)c1cccs1. The van der Waals surface area contributed by atoms with E-state index in [0.29, 0.717) is 0 Å². The van der Waals surface area contributed by atoms with Gasteiger partial charge >= 0.3 is 0 Å². The van der Waals surface area contributed by atoms with Crippen molar-refractivity contribution < 1.29 is 0 Å². The molecule has 0 fully saturated rings. The Hall–Kier alpha value is -1.39. The summed E-state index contributed by atoms with van der Waals surface area (Å²) in [6, 6.07) is 14.9. The summed E-state index contributed by atoms with van der Waals surface area (Å²) in [6.45, 7) is 2.98. The van der Waals surface area contributed by atoms with Crippen LogP contribution in [0.15, 0.2) is 47.8 Å². The Bertz CT molecular complexity index is 494. The normalized spacial score (nSPS) is 11.8. The molecule has 0 bridgehead atoms. The zero-order chi connectivity index (χ0) is 13.5. The minimum Gasteiger partial charge on any atom is -0.362 e. The standard InChI is InChI=1S/C15H18N2S2/c1-12(14-8-5-11-19-14)17-15(18)16-10-9-13-6-3-2-4-7-13/h2-8,11-12H,9-10H2,1H3,(H2,16,17,18). The van der Waals surface area contributed by atoms with Gasteiger partial charge in [-0.1, -0.05) is 36.4 Å². The van der Waals surface area contributed by atoms with Gasteiger partial charge in [-0.3, -0.25) is 0 Å². The van der Waals surface area contributed by atoms with Crippen molar-refractivity contribution in [3.63, 3.8) is 0 Å². The Morgan fingerprint density at radius 1 is 1.21 bits per heavy atom. The molecule has 1 heterocycles. The highest BCUT2D eigenvalue weighted by Gasteiger charge is 2.06. The van der Waals surface area contributed by atoms with E-state index < -0.39 is 0 Å². The number of hydrogen-bond donors (Lipinski definition) is 2. The smallest absolute Gasteiger partial charge is 0.166 e. The molecule has 0 aliphatic heterocycles. The van der Waals surface area contributed by atoms with E-state index in [-0.39, 0.29) is 6.04 Å². The van der Waals surface area contributed by atoms with E-state index >= 15 is 0 Å². The van der Waals surface area contributed by atoms with E-state index in [1.165, 1.54) is 10.4 Å². The summed E-state index contributed by atoms with van der Waals surface area (Å²) < 4.78 is 0. The average molecular weight is 290 g/mol. The van der Waals surface area contributed by atoms with Crippen molar-refractivity contribution in [1.29, 1.82) is 0 Å². The lowest BCUT2D eigenvalue weighted by Crippen LogP contribution is -2.37. The summed E-state index contributed by atoms with van der Waals surface area (Å²) in [4.78, 5) is 1.30. The number of hydrogen-bond acceptors (Lipinski definition) is 2. The molecule has 0 saturated heterocycles. The van der Waals surface area contributed by atoms with Crippen LogP contribution in [0.1, 0.15) is 23.4 Å². The predicted molar refractivity (Wildman–Crippen MR) is 86.6 cm³/mol. The molecule has 2 N–H and O–H groups in total. The minimum absolute atomic E-state index is 0.261. The molecule has 2 nitrogen and oxygen atoms in total. The first-order valence-electron chi connectivity index (χ1n) is 6.37. The molecule has 0 saturated carbocycles. The quantitative estimate of drug-likeness (QED) is 0.824. The van der Waals surface area contributed by atoms with E-state index in [9.17, 15) is 0 Å². The molecule has 2 rings (SSSR count). The molecular formula is C15H18N2S2. The molecule has 1 aromatic carbocycles. The summed E-state index contributed by atoms with van der Waals surface area (Å²) in [7, 11) is 0. The van der Waals surface area contributed by atoms with Crippen molar-refractivity contribution in [1.82, 2.24) is 10.6 Å². The maximum absolute atomic E-state index is 5.30. The first-order chi connectivity index (χ1) is 9.25. The van der Waals surface area contributed by atoms with Gasteiger partial charge in [0.2, 0.25) is 0 Å². The van der Waals surface area contributed by atoms with Crippen molar-refractivity contribution in [2.24, 2.45) is 0 Å². The summed E-state index contributed by atoms with van der Waals surface area (Å²) in [5, 5.41) is 9.35. The van der Waals surface area contributed by atoms with Crippen molar-refractivity contribution in [2.75, 3.05) is 6.54 Å². The van der Waals surface area contributed by atoms with E-state index in [2.05, 4.69) is 59.3 Å². The lowest BCUT2D eigenvalue weighted by Gasteiger charge is -2.15. The second kappa shape index (κ2) is 7.26. The third kappa shape index (κ3) is 4.65. The first kappa shape index (κ1) is 14.0. The Kier molecular flexibility index (Phi) is 5.36. The number of benzene rings is 1. The van der Waals surface area contributed by atoms with Gasteiger partial charge in [-0.2, -0.15) is 0 Å². The molecule has 0 aliphatic carbocycles. The average Bonchev–Trinajstić information content (AvgIpc) is 2.94. The van der Waals surface area contributed by atoms with Crippen molar-refractivity contribution in [2.45, 2.75) is 19.4 Å². The van der Waals surface area contributed by atoms with Crippen LogP contribution in [0.5, 0.6) is 0 Å². The monoisotopic (exact) mass is 290 g/mol. The minimum atomic E-state index is 0.261. The van der Waals surface area contributed by atoms with Crippen LogP contribution < -0.4 is 10.6 Å². The molecule has 1 unspecified atom stereocenters. The van der Waals surface area contributed by atoms with E-state index in [0.717, 1.165) is 18.1 Å². The highest BCUT2D eigenvalue weighted by atomic mass is 32.1. The maximum Gasteiger partial charge on any atom is 0.166 e. The Labute approximate surface area is 123 Å². The van der Waals surface area contributed by atoms with Gasteiger partial charge < -0.3 is 10.6 Å². The highest BCUT2D eigenvalue weighted by Crippen LogP contribution is 2.17. The second-order valence-corrected chi connectivity index (χ2v) is 5.76. The van der Waals surface area contributed by atoms with Crippen molar-refractivity contribution in [3.8, 4) is 0 Å². The molecule has 0 radical (unpaired) electrons. The van der Waals surface area contributed by atoms with Gasteiger partial charge in [0.25, 0.3) is 0 Å². The fourth-order valence-corrected chi connectivity index (χ4v) is 2.83. The predicted octanol–water partition coefficient (Wildman–Crippen LogP) is 3.52. The molecule has 19 heavy (non-hydrogen) atoms. The molecule has 0 spiro atoms. The van der Waals surface area contributed by atoms with Crippen molar-refractivity contribution in [3.05, 3.63) is 58.3 Å². The van der Waals surface area contributed by atoms with Crippen LogP contribution in [0.2, 0.25) is 0 Å². The van der Waals surface area contributed by atoms with Gasteiger partial charge in [-0.15, -0.1) is 11.3 Å². The fraction of sp³-hybridized carbons (Fsp3) is 0.267. The molecular weight excluding hydrogens is 272 g/mol. The molecule has 0 amide bonds. The fourth-order valence-electron chi connectivity index (χ4n) is 1.82. The molecule has 1 atom stereocenters. The summed E-state index contributed by atoms with van der Waals surface area (Å²) in [6.07, 6.45) is 0.982. The Balaban J connectivity index is 1.70. The summed E-state index contributed by atoms with van der Waals surface area (Å²) >= 11 is 7.05. The van der Waals surface area contributed by atoms with Gasteiger partial charge in [-0.25, -0.2) is 0 Å². The third-order valence-corrected chi connectivity index (χ3v) is 4.18. The highest BCUT2D eigenvalue weighted by molar-refractivity contribution is 7.80. The number of thiophene rings is 1. The van der Waals surface area contributed by atoms with Gasteiger partial charge in [0.05, 0.1) is 6.04 Å². The van der Waals surface area contributed by atoms with Crippen LogP contribution in [0.4, 0.5) is 0 Å². The van der Waals surface area contributed by atoms with Crippen LogP contribution in [0, 0.1) is 0 Å². The van der Waals surface area contributed by atoms with Gasteiger partial charge in [0.15, 0.2) is 5.11 Å². The van der Waals surface area contributed by atoms with Crippen LogP contribution in [-0.2, 0) is 6.42 Å². The van der Waals surface area contributed by atoms with Crippen LogP contribution in [0.25, 0.3) is 0 Å². The molecule has 2 aromatic rings.